The largest absolute Gasteiger partial charge is 0.392 e. The van der Waals surface area contributed by atoms with Crippen LogP contribution in [0.2, 0.25) is 0 Å². The summed E-state index contributed by atoms with van der Waals surface area (Å²) in [5, 5.41) is 8.59. The number of nitrogens with zero attached hydrogens (tertiary/aromatic N) is 2. The molecule has 0 aliphatic carbocycles. The van der Waals surface area contributed by atoms with Gasteiger partial charge in [0.25, 0.3) is 0 Å². The van der Waals surface area contributed by atoms with Gasteiger partial charge in [-0.25, -0.2) is 9.97 Å². The summed E-state index contributed by atoms with van der Waals surface area (Å²) in [5.74, 6) is 0.595. The van der Waals surface area contributed by atoms with Crippen LogP contribution in [0.3, 0.4) is 0 Å². The lowest BCUT2D eigenvalue weighted by molar-refractivity contribution is 0.280. The summed E-state index contributed by atoms with van der Waals surface area (Å²) in [7, 11) is 0. The summed E-state index contributed by atoms with van der Waals surface area (Å²) < 4.78 is 0. The Morgan fingerprint density at radius 1 is 1.40 bits per heavy atom. The molecule has 0 unspecified atom stereocenters. The van der Waals surface area contributed by atoms with Gasteiger partial charge >= 0.3 is 0 Å². The lowest BCUT2D eigenvalue weighted by atomic mass is 10.4. The van der Waals surface area contributed by atoms with E-state index in [-0.39, 0.29) is 6.61 Å². The maximum absolute atomic E-state index is 8.59. The van der Waals surface area contributed by atoms with Crippen LogP contribution < -0.4 is 5.73 Å². The van der Waals surface area contributed by atoms with E-state index in [0.29, 0.717) is 17.9 Å². The highest BCUT2D eigenvalue weighted by Crippen LogP contribution is 1.93. The van der Waals surface area contributed by atoms with Gasteiger partial charge in [-0.2, -0.15) is 0 Å². The minimum Gasteiger partial charge on any atom is -0.392 e. The van der Waals surface area contributed by atoms with E-state index in [4.69, 9.17) is 10.8 Å². The number of hydrogen-bond donors (Lipinski definition) is 2. The number of nitrogens with two attached hydrogens (primary N) is 1. The molecule has 0 fully saturated rings. The molecule has 0 aliphatic rings. The second-order valence-electron chi connectivity index (χ2n) is 1.87. The molecule has 54 valence electrons. The fourth-order valence-corrected chi connectivity index (χ4v) is 0.569. The second kappa shape index (κ2) is 3.24. The smallest absolute Gasteiger partial charge is 0.141 e. The Hall–Kier alpha value is -1.00. The Morgan fingerprint density at radius 2 is 2.00 bits per heavy atom. The first kappa shape index (κ1) is 7.11. The van der Waals surface area contributed by atoms with E-state index in [9.17, 15) is 0 Å². The van der Waals surface area contributed by atoms with E-state index in [1.807, 2.05) is 0 Å². The second-order valence-corrected chi connectivity index (χ2v) is 1.87. The Morgan fingerprint density at radius 3 is 2.40 bits per heavy atom. The molecule has 0 aliphatic heterocycles. The van der Waals surface area contributed by atoms with Crippen molar-refractivity contribution < 1.29 is 5.11 Å². The molecule has 1 aromatic rings. The lowest BCUT2D eigenvalue weighted by Gasteiger charge is -1.95. The van der Waals surface area contributed by atoms with E-state index >= 15 is 0 Å². The highest BCUT2D eigenvalue weighted by molar-refractivity contribution is 5.02. The minimum atomic E-state index is -0.0230. The van der Waals surface area contributed by atoms with Crippen molar-refractivity contribution in [1.29, 1.82) is 0 Å². The summed E-state index contributed by atoms with van der Waals surface area (Å²) in [4.78, 5) is 7.74. The third-order valence-electron chi connectivity index (χ3n) is 1.12. The minimum absolute atomic E-state index is 0.0230. The molecule has 10 heavy (non-hydrogen) atoms. The summed E-state index contributed by atoms with van der Waals surface area (Å²) in [6.45, 7) is 0.316. The molecular formula is C6H9N3O. The Kier molecular flexibility index (Phi) is 2.30. The van der Waals surface area contributed by atoms with Crippen molar-refractivity contribution in [3.8, 4) is 0 Å². The molecule has 1 rings (SSSR count). The fourth-order valence-electron chi connectivity index (χ4n) is 0.569. The van der Waals surface area contributed by atoms with Crippen molar-refractivity contribution in [2.45, 2.75) is 13.2 Å². The molecule has 0 atom stereocenters. The molecule has 0 saturated carbocycles. The summed E-state index contributed by atoms with van der Waals surface area (Å²) in [6, 6.07) is 0. The lowest BCUT2D eigenvalue weighted by Crippen LogP contribution is -2.02. The Labute approximate surface area is 58.7 Å². The SMILES string of the molecule is NCc1ncc(CO)cn1. The number of aliphatic hydroxyl groups is 1. The average Bonchev–Trinajstić information content (AvgIpc) is 2.05. The zero-order valence-corrected chi connectivity index (χ0v) is 5.49. The van der Waals surface area contributed by atoms with Crippen LogP contribution in [0.15, 0.2) is 12.4 Å². The van der Waals surface area contributed by atoms with E-state index in [2.05, 4.69) is 9.97 Å². The molecule has 0 bridgehead atoms. The zero-order chi connectivity index (χ0) is 7.40. The number of aliphatic hydroxyl groups excluding tert-OH is 1. The van der Waals surface area contributed by atoms with Gasteiger partial charge < -0.3 is 10.8 Å². The Balaban J connectivity index is 2.80. The van der Waals surface area contributed by atoms with E-state index in [1.165, 1.54) is 0 Å². The third kappa shape index (κ3) is 1.49. The normalized spacial score (nSPS) is 9.80. The monoisotopic (exact) mass is 139 g/mol. The fraction of sp³-hybridized carbons (Fsp3) is 0.333. The average molecular weight is 139 g/mol. The number of aromatic nitrogens is 2. The van der Waals surface area contributed by atoms with Crippen molar-refractivity contribution in [1.82, 2.24) is 9.97 Å². The van der Waals surface area contributed by atoms with Crippen LogP contribution in [0.25, 0.3) is 0 Å². The van der Waals surface area contributed by atoms with Crippen LogP contribution >= 0.6 is 0 Å². The van der Waals surface area contributed by atoms with Gasteiger partial charge in [0, 0.05) is 18.0 Å². The molecule has 1 heterocycles. The van der Waals surface area contributed by atoms with Gasteiger partial charge in [-0.3, -0.25) is 0 Å². The molecule has 1 aromatic heterocycles. The van der Waals surface area contributed by atoms with Crippen LogP contribution in [0.5, 0.6) is 0 Å². The van der Waals surface area contributed by atoms with Crippen molar-refractivity contribution in [2.24, 2.45) is 5.73 Å². The van der Waals surface area contributed by atoms with Crippen LogP contribution in [0.1, 0.15) is 11.4 Å². The van der Waals surface area contributed by atoms with Crippen LogP contribution in [0, 0.1) is 0 Å². The summed E-state index contributed by atoms with van der Waals surface area (Å²) >= 11 is 0. The molecule has 0 saturated heterocycles. The number of hydrogen-bond acceptors (Lipinski definition) is 4. The van der Waals surface area contributed by atoms with E-state index in [0.717, 1.165) is 0 Å². The van der Waals surface area contributed by atoms with Gasteiger partial charge in [-0.1, -0.05) is 0 Å². The van der Waals surface area contributed by atoms with E-state index in [1.54, 1.807) is 12.4 Å². The molecule has 0 amide bonds. The summed E-state index contributed by atoms with van der Waals surface area (Å²) in [5.41, 5.74) is 5.96. The molecular weight excluding hydrogens is 130 g/mol. The van der Waals surface area contributed by atoms with Gasteiger partial charge in [-0.05, 0) is 0 Å². The summed E-state index contributed by atoms with van der Waals surface area (Å²) in [6.07, 6.45) is 3.13. The van der Waals surface area contributed by atoms with Crippen LogP contribution in [0.4, 0.5) is 0 Å². The van der Waals surface area contributed by atoms with Gasteiger partial charge in [-0.15, -0.1) is 0 Å². The Bertz CT molecular complexity index is 174. The predicted octanol–water partition coefficient (Wildman–Crippen LogP) is -0.572. The van der Waals surface area contributed by atoms with Gasteiger partial charge in [0.05, 0.1) is 13.2 Å². The topological polar surface area (TPSA) is 72.0 Å². The highest BCUT2D eigenvalue weighted by atomic mass is 16.3. The van der Waals surface area contributed by atoms with Crippen molar-refractivity contribution in [3.63, 3.8) is 0 Å². The van der Waals surface area contributed by atoms with Gasteiger partial charge in [0.15, 0.2) is 0 Å². The molecule has 0 spiro atoms. The van der Waals surface area contributed by atoms with Crippen LogP contribution in [-0.2, 0) is 13.2 Å². The first-order chi connectivity index (χ1) is 4.86. The number of rotatable bonds is 2. The van der Waals surface area contributed by atoms with E-state index < -0.39 is 0 Å². The molecule has 3 N–H and O–H groups in total. The molecule has 4 nitrogen and oxygen atoms in total. The highest BCUT2D eigenvalue weighted by Gasteiger charge is 1.92. The predicted molar refractivity (Wildman–Crippen MR) is 35.8 cm³/mol. The molecule has 0 radical (unpaired) electrons. The molecule has 0 aromatic carbocycles. The maximum atomic E-state index is 8.59. The van der Waals surface area contributed by atoms with Crippen molar-refractivity contribution >= 4 is 0 Å². The zero-order valence-electron chi connectivity index (χ0n) is 5.49. The first-order valence-electron chi connectivity index (χ1n) is 2.97. The molecule has 4 heteroatoms. The van der Waals surface area contributed by atoms with Gasteiger partial charge in [0.1, 0.15) is 5.82 Å². The van der Waals surface area contributed by atoms with Crippen LogP contribution in [-0.4, -0.2) is 15.1 Å². The van der Waals surface area contributed by atoms with Crippen molar-refractivity contribution in [2.75, 3.05) is 0 Å². The standard InChI is InChI=1S/C6H9N3O/c7-1-6-8-2-5(4-10)3-9-6/h2-3,10H,1,4,7H2. The third-order valence-corrected chi connectivity index (χ3v) is 1.12. The quantitative estimate of drug-likeness (QED) is 0.575. The first-order valence-corrected chi connectivity index (χ1v) is 2.97. The van der Waals surface area contributed by atoms with Crippen molar-refractivity contribution in [3.05, 3.63) is 23.8 Å². The van der Waals surface area contributed by atoms with Gasteiger partial charge in [0.2, 0.25) is 0 Å². The maximum Gasteiger partial charge on any atom is 0.141 e.